The van der Waals surface area contributed by atoms with Crippen molar-refractivity contribution in [3.63, 3.8) is 0 Å². The molecule has 2 aliphatic heterocycles. The Hall–Kier alpha value is -1.44. The van der Waals surface area contributed by atoms with Crippen LogP contribution in [0.1, 0.15) is 25.7 Å². The van der Waals surface area contributed by atoms with E-state index in [2.05, 4.69) is 25.7 Å². The number of piperazine rings is 1. The SMILES string of the molecule is O=C(C1NNC2CCCCC21)N1CCN(c2cc(Cl)ncn2)CC1. The Morgan fingerprint density at radius 1 is 1.12 bits per heavy atom. The van der Waals surface area contributed by atoms with Gasteiger partial charge in [-0.1, -0.05) is 24.4 Å². The Kier molecular flexibility index (Phi) is 4.56. The molecule has 1 aromatic rings. The Morgan fingerprint density at radius 2 is 1.92 bits per heavy atom. The lowest BCUT2D eigenvalue weighted by molar-refractivity contribution is -0.134. The number of nitrogens with one attached hydrogen (secondary N) is 2. The molecule has 3 fully saturated rings. The fraction of sp³-hybridized carbons (Fsp3) is 0.688. The van der Waals surface area contributed by atoms with Crippen molar-refractivity contribution >= 4 is 23.3 Å². The third-order valence-corrected chi connectivity index (χ3v) is 5.68. The molecule has 0 radical (unpaired) electrons. The molecule has 24 heavy (non-hydrogen) atoms. The van der Waals surface area contributed by atoms with Crippen molar-refractivity contribution in [2.75, 3.05) is 31.1 Å². The molecule has 3 aliphatic rings. The minimum Gasteiger partial charge on any atom is -0.353 e. The second kappa shape index (κ2) is 6.82. The topological polar surface area (TPSA) is 73.4 Å². The van der Waals surface area contributed by atoms with Gasteiger partial charge in [-0.3, -0.25) is 10.2 Å². The van der Waals surface area contributed by atoms with Crippen LogP contribution >= 0.6 is 11.6 Å². The predicted molar refractivity (Wildman–Crippen MR) is 91.6 cm³/mol. The lowest BCUT2D eigenvalue weighted by Crippen LogP contribution is -2.55. The largest absolute Gasteiger partial charge is 0.353 e. The van der Waals surface area contributed by atoms with Crippen LogP contribution in [0.5, 0.6) is 0 Å². The third kappa shape index (κ3) is 3.08. The minimum absolute atomic E-state index is 0.0738. The van der Waals surface area contributed by atoms with E-state index in [1.54, 1.807) is 6.07 Å². The predicted octanol–water partition coefficient (Wildman–Crippen LogP) is 0.814. The Bertz CT molecular complexity index is 606. The molecule has 8 heteroatoms. The quantitative estimate of drug-likeness (QED) is 0.769. The van der Waals surface area contributed by atoms with Gasteiger partial charge in [-0.15, -0.1) is 0 Å². The number of hydrogen-bond acceptors (Lipinski definition) is 6. The fourth-order valence-electron chi connectivity index (χ4n) is 4.14. The average molecular weight is 351 g/mol. The van der Waals surface area contributed by atoms with Crippen LogP contribution in [0, 0.1) is 5.92 Å². The minimum atomic E-state index is -0.0738. The zero-order valence-electron chi connectivity index (χ0n) is 13.6. The van der Waals surface area contributed by atoms with Gasteiger partial charge >= 0.3 is 0 Å². The fourth-order valence-corrected chi connectivity index (χ4v) is 4.28. The average Bonchev–Trinajstić information content (AvgIpc) is 3.05. The van der Waals surface area contributed by atoms with Gasteiger partial charge < -0.3 is 9.80 Å². The first-order chi connectivity index (χ1) is 11.7. The van der Waals surface area contributed by atoms with Crippen LogP contribution in [0.3, 0.4) is 0 Å². The molecule has 130 valence electrons. The third-order valence-electron chi connectivity index (χ3n) is 5.47. The maximum atomic E-state index is 12.9. The summed E-state index contributed by atoms with van der Waals surface area (Å²) in [6, 6.07) is 2.15. The highest BCUT2D eigenvalue weighted by Gasteiger charge is 2.42. The van der Waals surface area contributed by atoms with Crippen molar-refractivity contribution in [2.45, 2.75) is 37.8 Å². The van der Waals surface area contributed by atoms with Crippen LogP contribution in [0.4, 0.5) is 5.82 Å². The van der Waals surface area contributed by atoms with E-state index in [1.807, 2.05) is 4.90 Å². The smallest absolute Gasteiger partial charge is 0.241 e. The number of amides is 1. The van der Waals surface area contributed by atoms with Crippen LogP contribution in [0.2, 0.25) is 5.15 Å². The molecule has 1 aromatic heterocycles. The summed E-state index contributed by atoms with van der Waals surface area (Å²) in [7, 11) is 0. The van der Waals surface area contributed by atoms with Crippen molar-refractivity contribution in [3.05, 3.63) is 17.5 Å². The molecule has 3 unspecified atom stereocenters. The van der Waals surface area contributed by atoms with Crippen molar-refractivity contribution < 1.29 is 4.79 Å². The summed E-state index contributed by atoms with van der Waals surface area (Å²) >= 11 is 5.94. The summed E-state index contributed by atoms with van der Waals surface area (Å²) in [6.45, 7) is 2.98. The molecule has 3 heterocycles. The van der Waals surface area contributed by atoms with Gasteiger partial charge in [0.2, 0.25) is 5.91 Å². The molecule has 2 saturated heterocycles. The van der Waals surface area contributed by atoms with E-state index >= 15 is 0 Å². The summed E-state index contributed by atoms with van der Waals surface area (Å²) in [5, 5.41) is 0.447. The van der Waals surface area contributed by atoms with E-state index in [1.165, 1.54) is 25.6 Å². The molecule has 7 nitrogen and oxygen atoms in total. The molecule has 1 amide bonds. The number of fused-ring (bicyclic) bond motifs is 1. The van der Waals surface area contributed by atoms with E-state index in [4.69, 9.17) is 11.6 Å². The Morgan fingerprint density at radius 3 is 2.71 bits per heavy atom. The van der Waals surface area contributed by atoms with Crippen molar-refractivity contribution in [2.24, 2.45) is 5.92 Å². The van der Waals surface area contributed by atoms with E-state index in [-0.39, 0.29) is 11.9 Å². The van der Waals surface area contributed by atoms with Crippen LogP contribution < -0.4 is 15.8 Å². The second-order valence-electron chi connectivity index (χ2n) is 6.83. The lowest BCUT2D eigenvalue weighted by Gasteiger charge is -2.37. The molecule has 0 spiro atoms. The van der Waals surface area contributed by atoms with Gasteiger partial charge in [-0.05, 0) is 12.8 Å². The summed E-state index contributed by atoms with van der Waals surface area (Å²) in [5.41, 5.74) is 6.58. The normalized spacial score (nSPS) is 30.3. The standard InChI is InChI=1S/C16H23ClN6O/c17-13-9-14(19-10-18-13)22-5-7-23(8-6-22)16(24)15-11-3-1-2-4-12(11)20-21-15/h9-12,15,20-21H,1-8H2. The van der Waals surface area contributed by atoms with Gasteiger partial charge in [0.15, 0.2) is 0 Å². The highest BCUT2D eigenvalue weighted by molar-refractivity contribution is 6.29. The van der Waals surface area contributed by atoms with Crippen molar-refractivity contribution in [3.8, 4) is 0 Å². The Labute approximate surface area is 146 Å². The second-order valence-corrected chi connectivity index (χ2v) is 7.22. The van der Waals surface area contributed by atoms with Gasteiger partial charge in [0.25, 0.3) is 0 Å². The molecule has 3 atom stereocenters. The number of carbonyl (C=O) groups excluding carboxylic acids is 1. The molecule has 2 N–H and O–H groups in total. The first kappa shape index (κ1) is 16.1. The van der Waals surface area contributed by atoms with Gasteiger partial charge in [0.05, 0.1) is 0 Å². The summed E-state index contributed by atoms with van der Waals surface area (Å²) in [6.07, 6.45) is 6.28. The van der Waals surface area contributed by atoms with Crippen molar-refractivity contribution in [1.29, 1.82) is 0 Å². The maximum absolute atomic E-state index is 12.9. The summed E-state index contributed by atoms with van der Waals surface area (Å²) in [5.74, 6) is 1.50. The molecule has 0 aromatic carbocycles. The summed E-state index contributed by atoms with van der Waals surface area (Å²) < 4.78 is 0. The Balaban J connectivity index is 1.36. The van der Waals surface area contributed by atoms with Crippen LogP contribution in [0.15, 0.2) is 12.4 Å². The molecular formula is C16H23ClN6O. The highest BCUT2D eigenvalue weighted by Crippen LogP contribution is 2.31. The number of rotatable bonds is 2. The number of anilines is 1. The summed E-state index contributed by atoms with van der Waals surface area (Å²) in [4.78, 5) is 25.2. The number of carbonyl (C=O) groups is 1. The van der Waals surface area contributed by atoms with Gasteiger partial charge in [-0.25, -0.2) is 15.4 Å². The van der Waals surface area contributed by atoms with E-state index in [0.29, 0.717) is 17.1 Å². The highest BCUT2D eigenvalue weighted by atomic mass is 35.5. The molecular weight excluding hydrogens is 328 g/mol. The van der Waals surface area contributed by atoms with Gasteiger partial charge in [0, 0.05) is 44.2 Å². The molecule has 0 bridgehead atoms. The van der Waals surface area contributed by atoms with E-state index < -0.39 is 0 Å². The first-order valence-corrected chi connectivity index (χ1v) is 9.12. The zero-order valence-corrected chi connectivity index (χ0v) is 14.4. The van der Waals surface area contributed by atoms with Crippen LogP contribution in [-0.4, -0.2) is 59.0 Å². The first-order valence-electron chi connectivity index (χ1n) is 8.75. The van der Waals surface area contributed by atoms with Crippen LogP contribution in [0.25, 0.3) is 0 Å². The molecule has 1 saturated carbocycles. The number of hydrazine groups is 1. The number of hydrogen-bond donors (Lipinski definition) is 2. The zero-order chi connectivity index (χ0) is 16.5. The van der Waals surface area contributed by atoms with E-state index in [0.717, 1.165) is 38.4 Å². The lowest BCUT2D eigenvalue weighted by atomic mass is 9.81. The maximum Gasteiger partial charge on any atom is 0.241 e. The number of halogens is 1. The van der Waals surface area contributed by atoms with Crippen molar-refractivity contribution in [1.82, 2.24) is 25.7 Å². The van der Waals surface area contributed by atoms with Gasteiger partial charge in [0.1, 0.15) is 23.3 Å². The molecule has 1 aliphatic carbocycles. The van der Waals surface area contributed by atoms with Crippen LogP contribution in [-0.2, 0) is 4.79 Å². The monoisotopic (exact) mass is 350 g/mol. The number of aromatic nitrogens is 2. The van der Waals surface area contributed by atoms with E-state index in [9.17, 15) is 4.79 Å². The molecule has 4 rings (SSSR count). The number of nitrogens with zero attached hydrogens (tertiary/aromatic N) is 4. The van der Waals surface area contributed by atoms with Gasteiger partial charge in [-0.2, -0.15) is 0 Å².